The normalized spacial score (nSPS) is 24.4. The molecule has 2 N–H and O–H groups in total. The monoisotopic (exact) mass is 562 g/mol. The molecule has 2 aliphatic heterocycles. The fourth-order valence-electron chi connectivity index (χ4n) is 5.00. The van der Waals surface area contributed by atoms with Gasteiger partial charge in [0.15, 0.2) is 0 Å². The largest absolute Gasteiger partial charge is 0.465 e. The number of amides is 1. The summed E-state index contributed by atoms with van der Waals surface area (Å²) in [6.45, 7) is 5.32. The molecule has 198 valence electrons. The van der Waals surface area contributed by atoms with Crippen LogP contribution in [0.4, 0.5) is 10.5 Å². The third-order valence-corrected chi connectivity index (χ3v) is 11.2. The van der Waals surface area contributed by atoms with Gasteiger partial charge in [0.25, 0.3) is 10.0 Å². The van der Waals surface area contributed by atoms with Crippen LogP contribution in [0.5, 0.6) is 0 Å². The number of para-hydroxylation sites is 1. The zero-order valence-corrected chi connectivity index (χ0v) is 23.3. The Morgan fingerprint density at radius 1 is 1.35 bits per heavy atom. The zero-order valence-electron chi connectivity index (χ0n) is 20.9. The molecular weight excluding hydrogens is 532 g/mol. The van der Waals surface area contributed by atoms with Crippen molar-refractivity contribution in [3.63, 3.8) is 0 Å². The second-order valence-corrected chi connectivity index (χ2v) is 14.2. The van der Waals surface area contributed by atoms with Crippen molar-refractivity contribution in [1.82, 2.24) is 9.88 Å². The number of fused-ring (bicyclic) bond motifs is 1. The van der Waals surface area contributed by atoms with Crippen LogP contribution in [0.1, 0.15) is 32.4 Å². The number of morpholine rings is 1. The van der Waals surface area contributed by atoms with Crippen molar-refractivity contribution in [2.75, 3.05) is 31.0 Å². The Kier molecular flexibility index (Phi) is 7.03. The van der Waals surface area contributed by atoms with Crippen molar-refractivity contribution in [3.05, 3.63) is 47.5 Å². The van der Waals surface area contributed by atoms with E-state index in [1.165, 1.54) is 20.5 Å². The number of aromatic nitrogens is 1. The van der Waals surface area contributed by atoms with E-state index in [1.54, 1.807) is 42.4 Å². The number of carbonyl (C=O) groups is 1. The Balaban J connectivity index is 1.28. The highest BCUT2D eigenvalue weighted by molar-refractivity contribution is 8.15. The van der Waals surface area contributed by atoms with E-state index < -0.39 is 21.7 Å². The molecule has 1 amide bonds. The molecule has 0 saturated carbocycles. The number of H-pyrrole nitrogens is 1. The third-order valence-electron chi connectivity index (χ3n) is 6.78. The van der Waals surface area contributed by atoms with Crippen molar-refractivity contribution in [1.29, 1.82) is 0 Å². The molecule has 2 aliphatic rings. The first-order valence-electron chi connectivity index (χ1n) is 12.1. The number of carboxylic acid groups (broad SMARTS) is 1. The van der Waals surface area contributed by atoms with E-state index in [2.05, 4.69) is 4.98 Å². The molecule has 3 aromatic rings. The average molecular weight is 563 g/mol. The number of thioether (sulfide) groups is 1. The van der Waals surface area contributed by atoms with Gasteiger partial charge in [-0.3, -0.25) is 9.30 Å². The van der Waals surface area contributed by atoms with Crippen LogP contribution in [0.15, 0.2) is 51.0 Å². The number of rotatable bonds is 7. The molecular formula is C25H30N4O5S3. The molecule has 1 fully saturated rings. The first kappa shape index (κ1) is 26.1. The smallest absolute Gasteiger partial charge is 0.407 e. The number of thiophene rings is 1. The lowest BCUT2D eigenvalue weighted by Crippen LogP contribution is -2.55. The van der Waals surface area contributed by atoms with E-state index in [0.29, 0.717) is 29.5 Å². The molecule has 4 heterocycles. The van der Waals surface area contributed by atoms with Gasteiger partial charge in [-0.25, -0.2) is 13.2 Å². The van der Waals surface area contributed by atoms with Crippen molar-refractivity contribution in [3.8, 4) is 0 Å². The van der Waals surface area contributed by atoms with Crippen LogP contribution in [0, 0.1) is 0 Å². The van der Waals surface area contributed by atoms with E-state index >= 15 is 0 Å². The minimum absolute atomic E-state index is 0.139. The summed E-state index contributed by atoms with van der Waals surface area (Å²) in [6.07, 6.45) is 0.542. The molecule has 0 radical (unpaired) electrons. The molecule has 0 spiro atoms. The van der Waals surface area contributed by atoms with Crippen LogP contribution in [-0.2, 0) is 14.8 Å². The maximum atomic E-state index is 13.1. The van der Waals surface area contributed by atoms with Crippen LogP contribution in [0.2, 0.25) is 0 Å². The molecule has 12 heteroatoms. The van der Waals surface area contributed by atoms with Gasteiger partial charge in [-0.05, 0) is 50.3 Å². The lowest BCUT2D eigenvalue weighted by atomic mass is 9.95. The Morgan fingerprint density at radius 2 is 2.16 bits per heavy atom. The van der Waals surface area contributed by atoms with Gasteiger partial charge in [0.2, 0.25) is 0 Å². The molecule has 3 atom stereocenters. The van der Waals surface area contributed by atoms with E-state index in [4.69, 9.17) is 9.73 Å². The van der Waals surface area contributed by atoms with Gasteiger partial charge in [0.1, 0.15) is 9.25 Å². The molecule has 2 aromatic heterocycles. The van der Waals surface area contributed by atoms with Gasteiger partial charge in [-0.1, -0.05) is 30.0 Å². The summed E-state index contributed by atoms with van der Waals surface area (Å²) < 4.78 is 34.0. The summed E-state index contributed by atoms with van der Waals surface area (Å²) in [7, 11) is -2.08. The van der Waals surface area contributed by atoms with Crippen molar-refractivity contribution < 1.29 is 23.1 Å². The molecule has 9 nitrogen and oxygen atoms in total. The lowest BCUT2D eigenvalue weighted by Gasteiger charge is -2.43. The molecule has 5 rings (SSSR count). The van der Waals surface area contributed by atoms with Gasteiger partial charge in [-0.2, -0.15) is 0 Å². The van der Waals surface area contributed by atoms with E-state index in [0.717, 1.165) is 34.5 Å². The second-order valence-electron chi connectivity index (χ2n) is 9.79. The summed E-state index contributed by atoms with van der Waals surface area (Å²) in [5, 5.41) is 13.3. The average Bonchev–Trinajstić information content (AvgIpc) is 3.62. The maximum absolute atomic E-state index is 13.1. The summed E-state index contributed by atoms with van der Waals surface area (Å²) in [5.41, 5.74) is 1.67. The van der Waals surface area contributed by atoms with E-state index in [1.807, 2.05) is 32.0 Å². The third kappa shape index (κ3) is 5.25. The van der Waals surface area contributed by atoms with Crippen LogP contribution in [0.25, 0.3) is 10.9 Å². The first-order valence-corrected chi connectivity index (χ1v) is 15.3. The molecule has 37 heavy (non-hydrogen) atoms. The number of sulfonamides is 1. The fraction of sp³-hybridized carbons (Fsp3) is 0.440. The molecule has 0 aliphatic carbocycles. The summed E-state index contributed by atoms with van der Waals surface area (Å²) in [5.74, 6) is 0. The zero-order chi connectivity index (χ0) is 26.4. The highest BCUT2D eigenvalue weighted by Gasteiger charge is 2.38. The standard InChI is InChI=1S/C25H30N4O5S3/c1-16-14-29(24(30)31)15-25(2,34-16)10-9-18-13-26-23(36-18)19-12-17-6-4-7-20(22(17)27-19)28(3)37(32,33)21-8-5-11-35-21/h4-8,11-12,16,18,27H,9-10,13-15H2,1-3H3,(H,30,31). The summed E-state index contributed by atoms with van der Waals surface area (Å²) in [6, 6.07) is 11.0. The first-order chi connectivity index (χ1) is 17.6. The number of anilines is 1. The van der Waals surface area contributed by atoms with Gasteiger partial charge in [0.05, 0.1) is 48.2 Å². The van der Waals surface area contributed by atoms with E-state index in [9.17, 15) is 18.3 Å². The minimum atomic E-state index is -3.65. The van der Waals surface area contributed by atoms with Crippen molar-refractivity contribution in [2.45, 2.75) is 47.9 Å². The fourth-order valence-corrected chi connectivity index (χ4v) is 8.45. The second kappa shape index (κ2) is 9.97. The minimum Gasteiger partial charge on any atom is -0.465 e. The predicted molar refractivity (Wildman–Crippen MR) is 149 cm³/mol. The van der Waals surface area contributed by atoms with Gasteiger partial charge in [0, 0.05) is 17.7 Å². The number of aromatic amines is 1. The number of nitrogens with zero attached hydrogens (tertiary/aromatic N) is 3. The number of ether oxygens (including phenoxy) is 1. The van der Waals surface area contributed by atoms with Crippen LogP contribution < -0.4 is 4.31 Å². The number of hydrogen-bond donors (Lipinski definition) is 2. The number of benzene rings is 1. The number of aliphatic imine (C=N–C) groups is 1. The lowest BCUT2D eigenvalue weighted by molar-refractivity contribution is -0.135. The molecule has 1 saturated heterocycles. The Hall–Kier alpha value is -2.54. The van der Waals surface area contributed by atoms with Crippen LogP contribution in [0.3, 0.4) is 0 Å². The SMILES string of the molecule is CC1CN(C(=O)O)CC(C)(CCC2CN=C(c3cc4cccc(N(C)S(=O)(=O)c5cccs5)c4[nH]3)S2)O1. The maximum Gasteiger partial charge on any atom is 0.407 e. The Labute approximate surface area is 224 Å². The summed E-state index contributed by atoms with van der Waals surface area (Å²) >= 11 is 2.89. The topological polar surface area (TPSA) is 115 Å². The Morgan fingerprint density at radius 3 is 2.89 bits per heavy atom. The van der Waals surface area contributed by atoms with Crippen molar-refractivity contribution in [2.24, 2.45) is 4.99 Å². The number of hydrogen-bond acceptors (Lipinski definition) is 7. The number of nitrogens with one attached hydrogen (secondary N) is 1. The highest BCUT2D eigenvalue weighted by atomic mass is 32.2. The van der Waals surface area contributed by atoms with Crippen molar-refractivity contribution >= 4 is 60.8 Å². The molecule has 1 aromatic carbocycles. The quantitative estimate of drug-likeness (QED) is 0.425. The van der Waals surface area contributed by atoms with Gasteiger partial charge >= 0.3 is 6.09 Å². The van der Waals surface area contributed by atoms with Crippen LogP contribution >= 0.6 is 23.1 Å². The highest BCUT2D eigenvalue weighted by Crippen LogP contribution is 2.36. The van der Waals surface area contributed by atoms with E-state index in [-0.39, 0.29) is 11.4 Å². The predicted octanol–water partition coefficient (Wildman–Crippen LogP) is 4.85. The van der Waals surface area contributed by atoms with Gasteiger partial charge < -0.3 is 19.7 Å². The molecule has 3 unspecified atom stereocenters. The molecule has 0 bridgehead atoms. The Bertz CT molecular complexity index is 1440. The van der Waals surface area contributed by atoms with Crippen LogP contribution in [-0.4, -0.2) is 78.2 Å². The summed E-state index contributed by atoms with van der Waals surface area (Å²) in [4.78, 5) is 21.1. The van der Waals surface area contributed by atoms with Gasteiger partial charge in [-0.15, -0.1) is 11.3 Å².